The lowest BCUT2D eigenvalue weighted by Gasteiger charge is -2.34. The summed E-state index contributed by atoms with van der Waals surface area (Å²) >= 11 is 13.2. The molecular formula is C21H23Cl2N7. The second-order valence-electron chi connectivity index (χ2n) is 9.07. The minimum atomic E-state index is 0.0378. The van der Waals surface area contributed by atoms with E-state index in [2.05, 4.69) is 45.2 Å². The quantitative estimate of drug-likeness (QED) is 0.648. The number of nitrogens with zero attached hydrogens (tertiary/aromatic N) is 6. The van der Waals surface area contributed by atoms with Gasteiger partial charge in [0.1, 0.15) is 0 Å². The number of likely N-dealkylation sites (tertiary alicyclic amines) is 1. The summed E-state index contributed by atoms with van der Waals surface area (Å²) in [7, 11) is 2.20. The number of piperazine rings is 1. The Morgan fingerprint density at radius 1 is 1.13 bits per heavy atom. The van der Waals surface area contributed by atoms with E-state index in [0.29, 0.717) is 23.2 Å². The van der Waals surface area contributed by atoms with Crippen LogP contribution in [-0.4, -0.2) is 56.9 Å². The van der Waals surface area contributed by atoms with Gasteiger partial charge in [-0.05, 0) is 45.4 Å². The van der Waals surface area contributed by atoms with Crippen LogP contribution < -0.4 is 10.2 Å². The Hall–Kier alpha value is -2.09. The van der Waals surface area contributed by atoms with Crippen LogP contribution in [0.3, 0.4) is 0 Å². The van der Waals surface area contributed by atoms with Crippen molar-refractivity contribution in [3.05, 3.63) is 34.7 Å². The first-order valence-corrected chi connectivity index (χ1v) is 11.1. The van der Waals surface area contributed by atoms with Crippen molar-refractivity contribution in [1.29, 1.82) is 0 Å². The smallest absolute Gasteiger partial charge is 0.227 e. The molecule has 2 bridgehead atoms. The molecule has 1 saturated carbocycles. The van der Waals surface area contributed by atoms with Gasteiger partial charge in [-0.2, -0.15) is 5.10 Å². The monoisotopic (exact) mass is 443 g/mol. The second-order valence-corrected chi connectivity index (χ2v) is 9.84. The maximum Gasteiger partial charge on any atom is 0.227 e. The van der Waals surface area contributed by atoms with Gasteiger partial charge in [0, 0.05) is 36.8 Å². The minimum Gasteiger partial charge on any atom is -0.364 e. The summed E-state index contributed by atoms with van der Waals surface area (Å²) in [5, 5.41) is 9.95. The zero-order valence-electron chi connectivity index (χ0n) is 16.9. The number of hydrogen-bond acceptors (Lipinski definition) is 6. The normalized spacial score (nSPS) is 24.7. The lowest BCUT2D eigenvalue weighted by atomic mass is 10.2. The number of rotatable bonds is 4. The zero-order valence-corrected chi connectivity index (χ0v) is 18.5. The van der Waals surface area contributed by atoms with Crippen LogP contribution in [0.1, 0.15) is 26.2 Å². The van der Waals surface area contributed by atoms with E-state index in [1.807, 2.05) is 10.7 Å². The predicted octanol–water partition coefficient (Wildman–Crippen LogP) is 4.28. The van der Waals surface area contributed by atoms with Crippen LogP contribution in [-0.2, 0) is 5.54 Å². The molecule has 0 radical (unpaired) electrons. The molecule has 3 fully saturated rings. The number of anilines is 3. The average Bonchev–Trinajstić information content (AvgIpc) is 3.02. The standard InChI is InChI=1S/C21H23Cl2N7/c1-21(3-4-21)30-19(23)17(9-25-30)27-20-24-8-12-5-15(22)18(7-16(12)26-20)29-11-13-6-14(29)10-28(13)2/h5,7-9,13-14H,3-4,6,10-11H2,1-2H3,(H,24,26,27). The van der Waals surface area contributed by atoms with Gasteiger partial charge in [0.15, 0.2) is 5.15 Å². The molecule has 0 amide bonds. The van der Waals surface area contributed by atoms with Crippen molar-refractivity contribution >= 4 is 51.4 Å². The fourth-order valence-electron chi connectivity index (χ4n) is 4.79. The van der Waals surface area contributed by atoms with Crippen LogP contribution >= 0.6 is 23.2 Å². The van der Waals surface area contributed by atoms with Crippen LogP contribution in [0.4, 0.5) is 17.3 Å². The van der Waals surface area contributed by atoms with Gasteiger partial charge in [0.25, 0.3) is 0 Å². The zero-order chi connectivity index (χ0) is 20.6. The maximum atomic E-state index is 6.64. The van der Waals surface area contributed by atoms with Gasteiger partial charge in [-0.1, -0.05) is 23.2 Å². The summed E-state index contributed by atoms with van der Waals surface area (Å²) in [6, 6.07) is 5.17. The Kier molecular flexibility index (Phi) is 4.01. The van der Waals surface area contributed by atoms with Gasteiger partial charge in [0.05, 0.1) is 33.6 Å². The Bertz CT molecular complexity index is 1150. The summed E-state index contributed by atoms with van der Waals surface area (Å²) in [5.74, 6) is 0.501. The highest BCUT2D eigenvalue weighted by atomic mass is 35.5. The van der Waals surface area contributed by atoms with E-state index < -0.39 is 0 Å². The number of benzene rings is 1. The molecule has 2 saturated heterocycles. The SMILES string of the molecule is CN1CC2CC1CN2c1cc2nc(Nc3cnn(C4(C)CC4)c3Cl)ncc2cc1Cl. The van der Waals surface area contributed by atoms with Gasteiger partial charge < -0.3 is 10.2 Å². The molecule has 1 aromatic carbocycles. The lowest BCUT2D eigenvalue weighted by Crippen LogP contribution is -2.44. The molecule has 7 nitrogen and oxygen atoms in total. The van der Waals surface area contributed by atoms with Crippen molar-refractivity contribution in [2.45, 2.75) is 43.8 Å². The third-order valence-corrected chi connectivity index (χ3v) is 7.58. The van der Waals surface area contributed by atoms with Crippen LogP contribution in [0.15, 0.2) is 24.5 Å². The average molecular weight is 444 g/mol. The maximum absolute atomic E-state index is 6.64. The van der Waals surface area contributed by atoms with Gasteiger partial charge in [-0.15, -0.1) is 0 Å². The summed E-state index contributed by atoms with van der Waals surface area (Å²) in [6.45, 7) is 4.25. The Morgan fingerprint density at radius 3 is 2.67 bits per heavy atom. The molecule has 3 aromatic rings. The number of likely N-dealkylation sites (N-methyl/N-ethyl adjacent to an activating group) is 1. The van der Waals surface area contributed by atoms with Crippen LogP contribution in [0.25, 0.3) is 10.9 Å². The predicted molar refractivity (Wildman–Crippen MR) is 120 cm³/mol. The van der Waals surface area contributed by atoms with E-state index in [1.165, 1.54) is 6.42 Å². The molecule has 6 rings (SSSR count). The van der Waals surface area contributed by atoms with E-state index in [-0.39, 0.29) is 5.54 Å². The molecule has 3 aliphatic rings. The Labute approximate surface area is 185 Å². The Balaban J connectivity index is 1.31. The second kappa shape index (κ2) is 6.45. The molecule has 2 aliphatic heterocycles. The summed E-state index contributed by atoms with van der Waals surface area (Å²) in [5.41, 5.74) is 2.68. The highest BCUT2D eigenvalue weighted by Gasteiger charge is 2.43. The number of hydrogen-bond donors (Lipinski definition) is 1. The summed E-state index contributed by atoms with van der Waals surface area (Å²) in [4.78, 5) is 14.1. The van der Waals surface area contributed by atoms with Crippen molar-refractivity contribution in [2.75, 3.05) is 30.4 Å². The molecule has 1 aliphatic carbocycles. The van der Waals surface area contributed by atoms with Crippen LogP contribution in [0.2, 0.25) is 10.2 Å². The van der Waals surface area contributed by atoms with E-state index in [9.17, 15) is 0 Å². The third kappa shape index (κ3) is 2.87. The molecule has 30 heavy (non-hydrogen) atoms. The molecular weight excluding hydrogens is 421 g/mol. The largest absolute Gasteiger partial charge is 0.364 e. The van der Waals surface area contributed by atoms with E-state index in [1.54, 1.807) is 12.4 Å². The number of nitrogens with one attached hydrogen (secondary N) is 1. The van der Waals surface area contributed by atoms with E-state index in [4.69, 9.17) is 28.2 Å². The first-order chi connectivity index (χ1) is 14.4. The van der Waals surface area contributed by atoms with Crippen molar-refractivity contribution in [1.82, 2.24) is 24.6 Å². The van der Waals surface area contributed by atoms with Crippen molar-refractivity contribution in [2.24, 2.45) is 0 Å². The number of halogens is 2. The number of fused-ring (bicyclic) bond motifs is 3. The molecule has 9 heteroatoms. The Morgan fingerprint density at radius 2 is 1.97 bits per heavy atom. The third-order valence-electron chi connectivity index (χ3n) is 6.91. The summed E-state index contributed by atoms with van der Waals surface area (Å²) < 4.78 is 1.88. The molecule has 1 N–H and O–H groups in total. The molecule has 156 valence electrons. The van der Waals surface area contributed by atoms with E-state index >= 15 is 0 Å². The van der Waals surface area contributed by atoms with Gasteiger partial charge >= 0.3 is 0 Å². The molecule has 2 atom stereocenters. The first kappa shape index (κ1) is 18.7. The highest BCUT2D eigenvalue weighted by molar-refractivity contribution is 6.34. The van der Waals surface area contributed by atoms with Gasteiger partial charge in [-0.3, -0.25) is 4.90 Å². The van der Waals surface area contributed by atoms with Crippen molar-refractivity contribution < 1.29 is 0 Å². The molecule has 4 heterocycles. The van der Waals surface area contributed by atoms with Gasteiger partial charge in [-0.25, -0.2) is 14.6 Å². The molecule has 2 aromatic heterocycles. The topological polar surface area (TPSA) is 62.1 Å². The molecule has 2 unspecified atom stereocenters. The summed E-state index contributed by atoms with van der Waals surface area (Å²) in [6.07, 6.45) is 6.92. The first-order valence-electron chi connectivity index (χ1n) is 10.4. The van der Waals surface area contributed by atoms with Gasteiger partial charge in [0.2, 0.25) is 5.95 Å². The minimum absolute atomic E-state index is 0.0378. The fraction of sp³-hybridized carbons (Fsp3) is 0.476. The van der Waals surface area contributed by atoms with Crippen LogP contribution in [0.5, 0.6) is 0 Å². The van der Waals surface area contributed by atoms with E-state index in [0.717, 1.165) is 53.2 Å². The fourth-order valence-corrected chi connectivity index (χ4v) is 5.41. The van der Waals surface area contributed by atoms with Crippen molar-refractivity contribution in [3.8, 4) is 0 Å². The highest BCUT2D eigenvalue weighted by Crippen LogP contribution is 2.45. The number of aromatic nitrogens is 4. The molecule has 0 spiro atoms. The van der Waals surface area contributed by atoms with Crippen molar-refractivity contribution in [3.63, 3.8) is 0 Å². The van der Waals surface area contributed by atoms with Crippen LogP contribution in [0, 0.1) is 0 Å². The lowest BCUT2D eigenvalue weighted by molar-refractivity contribution is 0.292.